The van der Waals surface area contributed by atoms with E-state index in [1.165, 1.54) is 6.07 Å². The van der Waals surface area contributed by atoms with Gasteiger partial charge in [-0.15, -0.1) is 0 Å². The second kappa shape index (κ2) is 5.26. The number of carbonyl (C=O) groups is 1. The van der Waals surface area contributed by atoms with Gasteiger partial charge in [0, 0.05) is 5.33 Å². The maximum atomic E-state index is 13.6. The van der Waals surface area contributed by atoms with Gasteiger partial charge in [0.15, 0.2) is 0 Å². The molecule has 1 rings (SSSR count). The van der Waals surface area contributed by atoms with E-state index in [0.29, 0.717) is 5.56 Å². The number of rotatable bonds is 4. The topological polar surface area (TPSA) is 43.1 Å². The molecular formula is C11H13BrFNO. The fourth-order valence-electron chi connectivity index (χ4n) is 1.44. The fraction of sp³-hybridized carbons (Fsp3) is 0.364. The molecule has 0 heterocycles. The number of primary amides is 1. The normalized spacial score (nSPS) is 10.3. The largest absolute Gasteiger partial charge is 0.366 e. The number of nitrogens with two attached hydrogens (primary N) is 1. The number of hydrogen-bond donors (Lipinski definition) is 1. The molecule has 0 radical (unpaired) electrons. The molecule has 4 heteroatoms. The van der Waals surface area contributed by atoms with Crippen LogP contribution < -0.4 is 5.73 Å². The van der Waals surface area contributed by atoms with Crippen LogP contribution in [0.25, 0.3) is 0 Å². The van der Waals surface area contributed by atoms with Crippen molar-refractivity contribution < 1.29 is 9.18 Å². The molecule has 15 heavy (non-hydrogen) atoms. The van der Waals surface area contributed by atoms with Gasteiger partial charge >= 0.3 is 0 Å². The summed E-state index contributed by atoms with van der Waals surface area (Å²) in [6, 6.07) is 3.22. The number of benzene rings is 1. The summed E-state index contributed by atoms with van der Waals surface area (Å²) < 4.78 is 13.6. The second-order valence-electron chi connectivity index (χ2n) is 3.37. The van der Waals surface area contributed by atoms with Gasteiger partial charge in [0.2, 0.25) is 0 Å². The first-order valence-corrected chi connectivity index (χ1v) is 5.83. The first-order valence-electron chi connectivity index (χ1n) is 4.71. The Bertz CT molecular complexity index is 379. The Morgan fingerprint density at radius 1 is 1.53 bits per heavy atom. The van der Waals surface area contributed by atoms with Crippen molar-refractivity contribution in [1.29, 1.82) is 0 Å². The summed E-state index contributed by atoms with van der Waals surface area (Å²) in [5, 5.41) is 0.881. The van der Waals surface area contributed by atoms with Crippen LogP contribution >= 0.6 is 15.9 Å². The van der Waals surface area contributed by atoms with E-state index in [4.69, 9.17) is 5.73 Å². The third-order valence-electron chi connectivity index (χ3n) is 2.34. The molecule has 0 bridgehead atoms. The Labute approximate surface area is 96.8 Å². The van der Waals surface area contributed by atoms with Gasteiger partial charge in [0.05, 0.1) is 5.56 Å². The van der Waals surface area contributed by atoms with Crippen molar-refractivity contribution in [2.75, 3.05) is 5.33 Å². The average molecular weight is 274 g/mol. The molecule has 0 aliphatic heterocycles. The molecule has 0 unspecified atom stereocenters. The predicted octanol–water partition coefficient (Wildman–Crippen LogP) is 2.56. The summed E-state index contributed by atoms with van der Waals surface area (Å²) in [6.07, 6.45) is 1.74. The highest BCUT2D eigenvalue weighted by Gasteiger charge is 2.12. The van der Waals surface area contributed by atoms with Gasteiger partial charge in [-0.05, 0) is 37.0 Å². The van der Waals surface area contributed by atoms with E-state index in [9.17, 15) is 9.18 Å². The second-order valence-corrected chi connectivity index (χ2v) is 4.16. The van der Waals surface area contributed by atoms with Crippen molar-refractivity contribution in [2.45, 2.75) is 19.8 Å². The molecule has 0 atom stereocenters. The zero-order valence-electron chi connectivity index (χ0n) is 8.52. The van der Waals surface area contributed by atoms with Gasteiger partial charge in [-0.1, -0.05) is 22.0 Å². The molecule has 0 aliphatic rings. The zero-order chi connectivity index (χ0) is 11.4. The maximum absolute atomic E-state index is 13.6. The first-order chi connectivity index (χ1) is 7.07. The Hall–Kier alpha value is -0.900. The molecule has 0 fully saturated rings. The molecule has 82 valence electrons. The molecule has 0 aromatic heterocycles. The Morgan fingerprint density at radius 2 is 2.20 bits per heavy atom. The molecule has 1 aromatic rings. The summed E-state index contributed by atoms with van der Waals surface area (Å²) >= 11 is 3.32. The Kier molecular flexibility index (Phi) is 4.27. The van der Waals surface area contributed by atoms with Crippen LogP contribution in [0.15, 0.2) is 12.1 Å². The highest BCUT2D eigenvalue weighted by atomic mass is 79.9. The number of aryl methyl sites for hydroxylation is 1. The number of alkyl halides is 1. The van der Waals surface area contributed by atoms with E-state index in [1.54, 1.807) is 13.0 Å². The third kappa shape index (κ3) is 2.78. The van der Waals surface area contributed by atoms with Crippen LogP contribution in [0.1, 0.15) is 27.9 Å². The van der Waals surface area contributed by atoms with Gasteiger partial charge in [-0.3, -0.25) is 4.79 Å². The molecular weight excluding hydrogens is 261 g/mol. The molecule has 0 saturated carbocycles. The summed E-state index contributed by atoms with van der Waals surface area (Å²) in [5.41, 5.74) is 6.46. The third-order valence-corrected chi connectivity index (χ3v) is 2.90. The van der Waals surface area contributed by atoms with E-state index in [0.717, 1.165) is 23.7 Å². The van der Waals surface area contributed by atoms with Gasteiger partial charge in [0.25, 0.3) is 5.91 Å². The summed E-state index contributed by atoms with van der Waals surface area (Å²) in [4.78, 5) is 10.9. The van der Waals surface area contributed by atoms with Gasteiger partial charge in [-0.2, -0.15) is 0 Å². The number of hydrogen-bond acceptors (Lipinski definition) is 1. The zero-order valence-corrected chi connectivity index (χ0v) is 10.1. The highest BCUT2D eigenvalue weighted by Crippen LogP contribution is 2.18. The van der Waals surface area contributed by atoms with Gasteiger partial charge in [-0.25, -0.2) is 4.39 Å². The highest BCUT2D eigenvalue weighted by molar-refractivity contribution is 9.09. The van der Waals surface area contributed by atoms with Crippen LogP contribution in [0.2, 0.25) is 0 Å². The van der Waals surface area contributed by atoms with Crippen molar-refractivity contribution in [3.05, 3.63) is 34.6 Å². The minimum absolute atomic E-state index is 0.0323. The number of halogens is 2. The average Bonchev–Trinajstić information content (AvgIpc) is 2.20. The minimum Gasteiger partial charge on any atom is -0.366 e. The van der Waals surface area contributed by atoms with E-state index in [-0.39, 0.29) is 5.56 Å². The molecule has 2 N–H and O–H groups in total. The lowest BCUT2D eigenvalue weighted by atomic mass is 10.0. The van der Waals surface area contributed by atoms with Crippen molar-refractivity contribution in [3.63, 3.8) is 0 Å². The summed E-state index contributed by atoms with van der Waals surface area (Å²) in [5.74, 6) is -1.21. The molecule has 1 amide bonds. The van der Waals surface area contributed by atoms with Crippen molar-refractivity contribution in [1.82, 2.24) is 0 Å². The lowest BCUT2D eigenvalue weighted by Crippen LogP contribution is -2.14. The van der Waals surface area contributed by atoms with Crippen LogP contribution in [0.3, 0.4) is 0 Å². The molecule has 0 spiro atoms. The minimum atomic E-state index is -0.720. The number of amides is 1. The lowest BCUT2D eigenvalue weighted by molar-refractivity contribution is 0.0996. The van der Waals surface area contributed by atoms with Crippen LogP contribution in [0, 0.1) is 12.7 Å². The van der Waals surface area contributed by atoms with Crippen molar-refractivity contribution in [2.24, 2.45) is 5.73 Å². The first kappa shape index (κ1) is 12.2. The molecule has 0 saturated heterocycles. The fourth-order valence-corrected chi connectivity index (χ4v) is 1.72. The Morgan fingerprint density at radius 3 is 2.73 bits per heavy atom. The molecule has 1 aromatic carbocycles. The van der Waals surface area contributed by atoms with Gasteiger partial charge in [0.1, 0.15) is 5.82 Å². The predicted molar refractivity (Wildman–Crippen MR) is 61.8 cm³/mol. The lowest BCUT2D eigenvalue weighted by Gasteiger charge is -2.08. The van der Waals surface area contributed by atoms with Crippen molar-refractivity contribution >= 4 is 21.8 Å². The smallest absolute Gasteiger partial charge is 0.251 e. The van der Waals surface area contributed by atoms with E-state index in [2.05, 4.69) is 15.9 Å². The molecule has 0 aliphatic carbocycles. The van der Waals surface area contributed by atoms with Crippen molar-refractivity contribution in [3.8, 4) is 0 Å². The standard InChI is InChI=1S/C11H13BrFNO/c1-7-8(3-2-6-12)4-5-9(10(7)13)11(14)15/h4-5H,2-3,6H2,1H3,(H2,14,15). The monoisotopic (exact) mass is 273 g/mol. The quantitative estimate of drug-likeness (QED) is 0.842. The Balaban J connectivity index is 3.04. The van der Waals surface area contributed by atoms with Crippen LogP contribution in [-0.2, 0) is 6.42 Å². The maximum Gasteiger partial charge on any atom is 0.251 e. The summed E-state index contributed by atoms with van der Waals surface area (Å²) in [7, 11) is 0. The van der Waals surface area contributed by atoms with Crippen LogP contribution in [-0.4, -0.2) is 11.2 Å². The van der Waals surface area contributed by atoms with Gasteiger partial charge < -0.3 is 5.73 Å². The van der Waals surface area contributed by atoms with Crippen LogP contribution in [0.5, 0.6) is 0 Å². The van der Waals surface area contributed by atoms with E-state index in [1.807, 2.05) is 0 Å². The van der Waals surface area contributed by atoms with E-state index < -0.39 is 11.7 Å². The number of carbonyl (C=O) groups excluding carboxylic acids is 1. The summed E-state index contributed by atoms with van der Waals surface area (Å²) in [6.45, 7) is 1.67. The van der Waals surface area contributed by atoms with E-state index >= 15 is 0 Å². The van der Waals surface area contributed by atoms with Crippen LogP contribution in [0.4, 0.5) is 4.39 Å². The molecule has 2 nitrogen and oxygen atoms in total. The SMILES string of the molecule is Cc1c(CCCBr)ccc(C(N)=O)c1F.